The molecule has 3 aromatic carbocycles. The minimum absolute atomic E-state index is 0.0902. The molecule has 3 amide bonds. The van der Waals surface area contributed by atoms with Crippen molar-refractivity contribution in [3.05, 3.63) is 107 Å². The van der Waals surface area contributed by atoms with Crippen molar-refractivity contribution in [2.75, 3.05) is 0 Å². The normalized spacial score (nSPS) is 15.5. The fourth-order valence-corrected chi connectivity index (χ4v) is 4.83. The predicted octanol–water partition coefficient (Wildman–Crippen LogP) is 4.92. The van der Waals surface area contributed by atoms with Crippen molar-refractivity contribution in [2.24, 2.45) is 0 Å². The van der Waals surface area contributed by atoms with Crippen molar-refractivity contribution in [2.45, 2.75) is 70.8 Å². The molecule has 7 nitrogen and oxygen atoms in total. The number of fused-ring (bicyclic) bond motifs is 1. The number of carbonyl (C=O) groups is 3. The first-order chi connectivity index (χ1) is 19.1. The summed E-state index contributed by atoms with van der Waals surface area (Å²) in [5.41, 5.74) is 2.57. The Kier molecular flexibility index (Phi) is 9.19. The van der Waals surface area contributed by atoms with Gasteiger partial charge >= 0.3 is 6.09 Å². The number of halogens is 1. The molecule has 0 spiro atoms. The van der Waals surface area contributed by atoms with Crippen LogP contribution in [0.2, 0.25) is 0 Å². The molecule has 0 radical (unpaired) electrons. The third-order valence-electron chi connectivity index (χ3n) is 6.75. The Morgan fingerprint density at radius 2 is 1.60 bits per heavy atom. The monoisotopic (exact) mass is 545 g/mol. The largest absolute Gasteiger partial charge is 0.444 e. The summed E-state index contributed by atoms with van der Waals surface area (Å²) in [7, 11) is 0. The summed E-state index contributed by atoms with van der Waals surface area (Å²) < 4.78 is 19.9. The molecule has 0 aliphatic carbocycles. The molecular formula is C32H36FN3O4. The molecule has 3 aromatic rings. The topological polar surface area (TPSA) is 87.7 Å². The molecule has 1 unspecified atom stereocenters. The number of amides is 3. The summed E-state index contributed by atoms with van der Waals surface area (Å²) in [6.07, 6.45) is -0.353. The Hall–Kier alpha value is -4.20. The van der Waals surface area contributed by atoms with E-state index in [4.69, 9.17) is 4.74 Å². The van der Waals surface area contributed by atoms with E-state index in [2.05, 4.69) is 10.6 Å². The summed E-state index contributed by atoms with van der Waals surface area (Å²) in [5, 5.41) is 5.72. The smallest absolute Gasteiger partial charge is 0.407 e. The molecule has 0 fully saturated rings. The zero-order valence-electron chi connectivity index (χ0n) is 23.2. The lowest BCUT2D eigenvalue weighted by atomic mass is 9.92. The van der Waals surface area contributed by atoms with Crippen molar-refractivity contribution < 1.29 is 23.5 Å². The zero-order valence-corrected chi connectivity index (χ0v) is 23.2. The second-order valence-electron chi connectivity index (χ2n) is 11.1. The fourth-order valence-electron chi connectivity index (χ4n) is 4.83. The minimum atomic E-state index is -0.746. The van der Waals surface area contributed by atoms with Gasteiger partial charge in [0.15, 0.2) is 0 Å². The van der Waals surface area contributed by atoms with Gasteiger partial charge in [-0.25, -0.2) is 9.18 Å². The number of alkyl carbamates (subject to hydrolysis) is 1. The number of nitrogens with zero attached hydrogens (tertiary/aromatic N) is 1. The van der Waals surface area contributed by atoms with Crippen molar-refractivity contribution >= 4 is 17.9 Å². The predicted molar refractivity (Wildman–Crippen MR) is 151 cm³/mol. The van der Waals surface area contributed by atoms with Crippen molar-refractivity contribution in [1.29, 1.82) is 0 Å². The minimum Gasteiger partial charge on any atom is -0.444 e. The van der Waals surface area contributed by atoms with Crippen LogP contribution in [0, 0.1) is 5.82 Å². The molecule has 8 heteroatoms. The number of rotatable bonds is 8. The van der Waals surface area contributed by atoms with Gasteiger partial charge in [-0.1, -0.05) is 72.8 Å². The van der Waals surface area contributed by atoms with Crippen LogP contribution in [-0.2, 0) is 40.3 Å². The van der Waals surface area contributed by atoms with Gasteiger partial charge < -0.3 is 20.3 Å². The van der Waals surface area contributed by atoms with Crippen LogP contribution < -0.4 is 10.6 Å². The third-order valence-corrected chi connectivity index (χ3v) is 6.75. The number of hydrogen-bond acceptors (Lipinski definition) is 4. The molecule has 1 aliphatic rings. The maximum atomic E-state index is 14.5. The molecule has 40 heavy (non-hydrogen) atoms. The molecule has 1 aliphatic heterocycles. The molecule has 210 valence electrons. The molecule has 0 bridgehead atoms. The number of nitrogens with one attached hydrogen (secondary N) is 2. The van der Waals surface area contributed by atoms with Gasteiger partial charge in [-0.2, -0.15) is 0 Å². The Balaban J connectivity index is 1.54. The highest BCUT2D eigenvalue weighted by Crippen LogP contribution is 2.25. The number of carbonyl (C=O) groups excluding carboxylic acids is 3. The van der Waals surface area contributed by atoms with E-state index in [0.29, 0.717) is 18.5 Å². The fraction of sp³-hybridized carbons (Fsp3) is 0.344. The Bertz CT molecular complexity index is 1340. The first-order valence-electron chi connectivity index (χ1n) is 13.5. The Labute approximate surface area is 234 Å². The molecule has 0 aromatic heterocycles. The van der Waals surface area contributed by atoms with E-state index in [9.17, 15) is 18.8 Å². The summed E-state index contributed by atoms with van der Waals surface area (Å²) >= 11 is 0. The number of benzene rings is 3. The van der Waals surface area contributed by atoms with E-state index >= 15 is 0 Å². The van der Waals surface area contributed by atoms with Crippen LogP contribution in [0.3, 0.4) is 0 Å². The van der Waals surface area contributed by atoms with Crippen LogP contribution in [-0.4, -0.2) is 40.5 Å². The molecule has 0 saturated heterocycles. The maximum absolute atomic E-state index is 14.5. The van der Waals surface area contributed by atoms with Crippen LogP contribution in [0.15, 0.2) is 78.9 Å². The van der Waals surface area contributed by atoms with Crippen LogP contribution in [0.1, 0.15) is 49.4 Å². The molecular weight excluding hydrogens is 509 g/mol. The van der Waals surface area contributed by atoms with E-state index in [0.717, 1.165) is 16.7 Å². The molecule has 2 atom stereocenters. The second kappa shape index (κ2) is 12.8. The van der Waals surface area contributed by atoms with Crippen LogP contribution in [0.25, 0.3) is 0 Å². The van der Waals surface area contributed by atoms with Gasteiger partial charge in [-0.15, -0.1) is 0 Å². The first kappa shape index (κ1) is 28.8. The molecule has 1 heterocycles. The first-order valence-corrected chi connectivity index (χ1v) is 13.5. The summed E-state index contributed by atoms with van der Waals surface area (Å²) in [6, 6.07) is 22.1. The summed E-state index contributed by atoms with van der Waals surface area (Å²) in [4.78, 5) is 41.4. The van der Waals surface area contributed by atoms with E-state index < -0.39 is 29.6 Å². The highest BCUT2D eigenvalue weighted by Gasteiger charge is 2.35. The van der Waals surface area contributed by atoms with Gasteiger partial charge in [0.2, 0.25) is 11.8 Å². The lowest BCUT2D eigenvalue weighted by Crippen LogP contribution is -2.53. The zero-order chi connectivity index (χ0) is 28.7. The van der Waals surface area contributed by atoms with Gasteiger partial charge in [0.05, 0.1) is 0 Å². The van der Waals surface area contributed by atoms with Gasteiger partial charge in [0, 0.05) is 32.0 Å². The average molecular weight is 546 g/mol. The van der Waals surface area contributed by atoms with Gasteiger partial charge in [-0.05, 0) is 55.5 Å². The quantitative estimate of drug-likeness (QED) is 0.421. The lowest BCUT2D eigenvalue weighted by molar-refractivity contribution is -0.142. The molecule has 2 N–H and O–H groups in total. The van der Waals surface area contributed by atoms with Gasteiger partial charge in [0.1, 0.15) is 17.5 Å². The Morgan fingerprint density at radius 3 is 2.30 bits per heavy atom. The SMILES string of the molecule is CC(C)(C)OC(=O)NC(CC(=O)N1Cc2ccccc2C[C@H]1C(=O)NCc1ccccc1)Cc1ccccc1F. The maximum Gasteiger partial charge on any atom is 0.407 e. The van der Waals surface area contributed by atoms with E-state index in [-0.39, 0.29) is 31.2 Å². The highest BCUT2D eigenvalue weighted by atomic mass is 19.1. The second-order valence-corrected chi connectivity index (χ2v) is 11.1. The van der Waals surface area contributed by atoms with Crippen LogP contribution in [0.5, 0.6) is 0 Å². The standard InChI is InChI=1S/C32H36FN3O4/c1-32(2,3)40-31(39)35-26(17-24-14-9-10-16-27(24)33)19-29(37)36-21-25-15-8-7-13-23(25)18-28(36)30(38)34-20-22-11-5-4-6-12-22/h4-16,26,28H,17-21H2,1-3H3,(H,34,38)(H,35,39)/t26?,28-/m0/s1. The van der Waals surface area contributed by atoms with Crippen molar-refractivity contribution in [1.82, 2.24) is 15.5 Å². The number of hydrogen-bond donors (Lipinski definition) is 2. The van der Waals surface area contributed by atoms with E-state index in [1.807, 2.05) is 54.6 Å². The average Bonchev–Trinajstić information content (AvgIpc) is 2.91. The van der Waals surface area contributed by atoms with E-state index in [1.165, 1.54) is 6.07 Å². The lowest BCUT2D eigenvalue weighted by Gasteiger charge is -2.37. The van der Waals surface area contributed by atoms with Gasteiger partial charge in [-0.3, -0.25) is 9.59 Å². The van der Waals surface area contributed by atoms with E-state index in [1.54, 1.807) is 43.9 Å². The summed E-state index contributed by atoms with van der Waals surface area (Å²) in [6.45, 7) is 5.83. The Morgan fingerprint density at radius 1 is 0.950 bits per heavy atom. The molecule has 0 saturated carbocycles. The third kappa shape index (κ3) is 7.91. The highest BCUT2D eigenvalue weighted by molar-refractivity contribution is 5.89. The van der Waals surface area contributed by atoms with Crippen LogP contribution in [0.4, 0.5) is 9.18 Å². The van der Waals surface area contributed by atoms with Crippen molar-refractivity contribution in [3.8, 4) is 0 Å². The van der Waals surface area contributed by atoms with Crippen LogP contribution >= 0.6 is 0 Å². The number of ether oxygens (including phenoxy) is 1. The molecule has 4 rings (SSSR count). The summed E-state index contributed by atoms with van der Waals surface area (Å²) in [5.74, 6) is -0.986. The van der Waals surface area contributed by atoms with Crippen molar-refractivity contribution in [3.63, 3.8) is 0 Å². The van der Waals surface area contributed by atoms with Gasteiger partial charge in [0.25, 0.3) is 0 Å².